The van der Waals surface area contributed by atoms with Gasteiger partial charge in [-0.2, -0.15) is 0 Å². The second-order valence-electron chi connectivity index (χ2n) is 10.3. The van der Waals surface area contributed by atoms with Crippen molar-refractivity contribution in [1.29, 1.82) is 0 Å². The van der Waals surface area contributed by atoms with Crippen LogP contribution in [0.1, 0.15) is 28.3 Å². The van der Waals surface area contributed by atoms with Crippen LogP contribution in [0.15, 0.2) is 103 Å². The number of benzene rings is 4. The first-order valence-corrected chi connectivity index (χ1v) is 14.1. The molecule has 2 aliphatic heterocycles. The molecule has 0 bridgehead atoms. The molecule has 1 atom stereocenters. The van der Waals surface area contributed by atoms with E-state index in [4.69, 9.17) is 9.47 Å². The number of fused-ring (bicyclic) bond motifs is 1. The maximum atomic E-state index is 6.17. The van der Waals surface area contributed by atoms with Crippen molar-refractivity contribution >= 4 is 5.69 Å². The first-order chi connectivity index (χ1) is 19.3. The largest absolute Gasteiger partial charge is 0.492 e. The van der Waals surface area contributed by atoms with Crippen LogP contribution in [0.3, 0.4) is 0 Å². The summed E-state index contributed by atoms with van der Waals surface area (Å²) in [5.41, 5.74) is 6.39. The summed E-state index contributed by atoms with van der Waals surface area (Å²) in [6.07, 6.45) is 0.983. The van der Waals surface area contributed by atoms with Crippen LogP contribution in [0.4, 0.5) is 5.69 Å². The van der Waals surface area contributed by atoms with E-state index < -0.39 is 0 Å². The molecule has 2 aliphatic rings. The molecule has 4 aromatic rings. The van der Waals surface area contributed by atoms with Crippen LogP contribution >= 0.6 is 0 Å². The van der Waals surface area contributed by atoms with Crippen LogP contribution in [0.5, 0.6) is 11.5 Å². The first kappa shape index (κ1) is 25.5. The summed E-state index contributed by atoms with van der Waals surface area (Å²) in [6.45, 7) is 7.53. The number of nitrogens with one attached hydrogen (secondary N) is 1. The second kappa shape index (κ2) is 12.4. The molecule has 6 rings (SSSR count). The van der Waals surface area contributed by atoms with Gasteiger partial charge in [-0.15, -0.1) is 0 Å². The Bertz CT molecular complexity index is 1320. The quantitative estimate of drug-likeness (QED) is 0.307. The number of anilines is 1. The van der Waals surface area contributed by atoms with E-state index in [0.29, 0.717) is 13.2 Å². The van der Waals surface area contributed by atoms with Gasteiger partial charge >= 0.3 is 0 Å². The molecule has 1 saturated heterocycles. The Labute approximate surface area is 232 Å². The SMILES string of the molecule is c1ccc(COc2ccc3c(c2)CCN(c2ccccc2)C3c2ccc(OCCN3CCNCC3)cc2)cc1. The highest BCUT2D eigenvalue weighted by Crippen LogP contribution is 2.40. The van der Waals surface area contributed by atoms with Gasteiger partial charge in [0, 0.05) is 45.0 Å². The zero-order valence-corrected chi connectivity index (χ0v) is 22.5. The summed E-state index contributed by atoms with van der Waals surface area (Å²) in [6, 6.07) is 36.6. The third kappa shape index (κ3) is 6.27. The lowest BCUT2D eigenvalue weighted by Gasteiger charge is -2.39. The minimum absolute atomic E-state index is 0.134. The number of para-hydroxylation sites is 1. The van der Waals surface area contributed by atoms with Gasteiger partial charge in [-0.1, -0.05) is 66.7 Å². The summed E-state index contributed by atoms with van der Waals surface area (Å²) in [5.74, 6) is 1.86. The lowest BCUT2D eigenvalue weighted by Crippen LogP contribution is -2.44. The van der Waals surface area contributed by atoms with Crippen LogP contribution in [-0.4, -0.2) is 50.8 Å². The van der Waals surface area contributed by atoms with Gasteiger partial charge < -0.3 is 19.7 Å². The smallest absolute Gasteiger partial charge is 0.120 e. The Morgan fingerprint density at radius 2 is 1.44 bits per heavy atom. The van der Waals surface area contributed by atoms with E-state index in [9.17, 15) is 0 Å². The van der Waals surface area contributed by atoms with Crippen molar-refractivity contribution in [2.24, 2.45) is 0 Å². The zero-order chi connectivity index (χ0) is 26.3. The molecule has 1 fully saturated rings. The van der Waals surface area contributed by atoms with Gasteiger partial charge in [-0.3, -0.25) is 4.90 Å². The Morgan fingerprint density at radius 3 is 2.21 bits per heavy atom. The van der Waals surface area contributed by atoms with E-state index in [1.165, 1.54) is 27.9 Å². The molecule has 5 heteroatoms. The van der Waals surface area contributed by atoms with Crippen LogP contribution in [-0.2, 0) is 13.0 Å². The van der Waals surface area contributed by atoms with E-state index in [2.05, 4.69) is 112 Å². The normalized spacial score (nSPS) is 17.4. The predicted molar refractivity (Wildman–Crippen MR) is 158 cm³/mol. The molecule has 1 N–H and O–H groups in total. The minimum Gasteiger partial charge on any atom is -0.492 e. The fourth-order valence-electron chi connectivity index (χ4n) is 5.66. The highest BCUT2D eigenvalue weighted by atomic mass is 16.5. The fraction of sp³-hybridized carbons (Fsp3) is 0.294. The predicted octanol–water partition coefficient (Wildman–Crippen LogP) is 5.70. The highest BCUT2D eigenvalue weighted by molar-refractivity contribution is 5.57. The summed E-state index contributed by atoms with van der Waals surface area (Å²) in [7, 11) is 0. The van der Waals surface area contributed by atoms with Crippen LogP contribution in [0.2, 0.25) is 0 Å². The third-order valence-electron chi connectivity index (χ3n) is 7.76. The second-order valence-corrected chi connectivity index (χ2v) is 10.3. The number of piperazine rings is 1. The van der Waals surface area contributed by atoms with Crippen LogP contribution < -0.4 is 19.7 Å². The maximum Gasteiger partial charge on any atom is 0.120 e. The molecule has 1 unspecified atom stereocenters. The van der Waals surface area contributed by atoms with E-state index >= 15 is 0 Å². The lowest BCUT2D eigenvalue weighted by atomic mass is 9.87. The summed E-state index contributed by atoms with van der Waals surface area (Å²) in [5, 5.41) is 3.41. The summed E-state index contributed by atoms with van der Waals surface area (Å²) >= 11 is 0. The van der Waals surface area contributed by atoms with Crippen molar-refractivity contribution in [1.82, 2.24) is 10.2 Å². The molecular formula is C34H37N3O2. The van der Waals surface area contributed by atoms with Crippen molar-refractivity contribution in [2.45, 2.75) is 19.1 Å². The molecule has 5 nitrogen and oxygen atoms in total. The molecule has 2 heterocycles. The molecule has 0 aromatic heterocycles. The Balaban J connectivity index is 1.20. The third-order valence-corrected chi connectivity index (χ3v) is 7.76. The van der Waals surface area contributed by atoms with E-state index in [0.717, 1.165) is 57.2 Å². The number of ether oxygens (including phenoxy) is 2. The Kier molecular flexibility index (Phi) is 8.08. The van der Waals surface area contributed by atoms with E-state index in [-0.39, 0.29) is 6.04 Å². The number of hydrogen-bond acceptors (Lipinski definition) is 5. The average molecular weight is 520 g/mol. The summed E-state index contributed by atoms with van der Waals surface area (Å²) < 4.78 is 12.3. The molecule has 0 amide bonds. The average Bonchev–Trinajstić information content (AvgIpc) is 3.01. The van der Waals surface area contributed by atoms with Crippen molar-refractivity contribution in [3.63, 3.8) is 0 Å². The van der Waals surface area contributed by atoms with Gasteiger partial charge in [0.1, 0.15) is 24.7 Å². The summed E-state index contributed by atoms with van der Waals surface area (Å²) in [4.78, 5) is 4.98. The molecular weight excluding hydrogens is 482 g/mol. The van der Waals surface area contributed by atoms with Gasteiger partial charge in [0.2, 0.25) is 0 Å². The van der Waals surface area contributed by atoms with Gasteiger partial charge in [-0.05, 0) is 65.1 Å². The first-order valence-electron chi connectivity index (χ1n) is 14.1. The van der Waals surface area contributed by atoms with Gasteiger partial charge in [0.15, 0.2) is 0 Å². The van der Waals surface area contributed by atoms with Gasteiger partial charge in [0.25, 0.3) is 0 Å². The van der Waals surface area contributed by atoms with Crippen molar-refractivity contribution in [3.8, 4) is 11.5 Å². The molecule has 4 aromatic carbocycles. The molecule has 0 saturated carbocycles. The van der Waals surface area contributed by atoms with Crippen LogP contribution in [0.25, 0.3) is 0 Å². The monoisotopic (exact) mass is 519 g/mol. The van der Waals surface area contributed by atoms with Crippen molar-refractivity contribution in [2.75, 3.05) is 50.8 Å². The molecule has 39 heavy (non-hydrogen) atoms. The maximum absolute atomic E-state index is 6.17. The molecule has 200 valence electrons. The van der Waals surface area contributed by atoms with Gasteiger partial charge in [-0.25, -0.2) is 0 Å². The topological polar surface area (TPSA) is 37.0 Å². The molecule has 0 radical (unpaired) electrons. The van der Waals surface area contributed by atoms with Gasteiger partial charge in [0.05, 0.1) is 6.04 Å². The standard InChI is InChI=1S/C34H37N3O2/c1-3-7-27(8-4-1)26-39-32-15-16-33-29(25-32)17-20-37(30-9-5-2-6-10-30)34(33)28-11-13-31(14-12-28)38-24-23-36-21-18-35-19-22-36/h1-16,25,34-35H,17-24,26H2. The van der Waals surface area contributed by atoms with Crippen molar-refractivity contribution in [3.05, 3.63) is 125 Å². The molecule has 0 spiro atoms. The molecule has 0 aliphatic carbocycles. The highest BCUT2D eigenvalue weighted by Gasteiger charge is 2.29. The van der Waals surface area contributed by atoms with E-state index in [1.54, 1.807) is 0 Å². The Hall–Kier alpha value is -3.80. The van der Waals surface area contributed by atoms with E-state index in [1.807, 2.05) is 6.07 Å². The fourth-order valence-corrected chi connectivity index (χ4v) is 5.66. The minimum atomic E-state index is 0.134. The van der Waals surface area contributed by atoms with Crippen LogP contribution in [0, 0.1) is 0 Å². The number of nitrogens with zero attached hydrogens (tertiary/aromatic N) is 2. The van der Waals surface area contributed by atoms with Crippen molar-refractivity contribution < 1.29 is 9.47 Å². The Morgan fingerprint density at radius 1 is 0.718 bits per heavy atom. The number of hydrogen-bond donors (Lipinski definition) is 1. The number of rotatable bonds is 9. The zero-order valence-electron chi connectivity index (χ0n) is 22.5. The lowest BCUT2D eigenvalue weighted by molar-refractivity contribution is 0.191.